The summed E-state index contributed by atoms with van der Waals surface area (Å²) in [4.78, 5) is 5.18. The monoisotopic (exact) mass is 265 g/mol. The van der Waals surface area contributed by atoms with E-state index >= 15 is 0 Å². The molecule has 5 heteroatoms. The first-order chi connectivity index (χ1) is 9.16. The lowest BCUT2D eigenvalue weighted by Crippen LogP contribution is -2.14. The number of phenols is 1. The minimum absolute atomic E-state index is 0.140. The van der Waals surface area contributed by atoms with Gasteiger partial charge in [0.2, 0.25) is 0 Å². The second-order valence-electron chi connectivity index (χ2n) is 4.00. The third-order valence-corrected chi connectivity index (χ3v) is 2.54. The molecule has 100 valence electrons. The molecule has 0 aliphatic rings. The Morgan fingerprint density at radius 2 is 1.63 bits per heavy atom. The zero-order valence-electron chi connectivity index (χ0n) is 10.1. The fraction of sp³-hybridized carbons (Fsp3) is 0.143. The maximum absolute atomic E-state index is 13.1. The van der Waals surface area contributed by atoms with Gasteiger partial charge in [0.05, 0.1) is 6.61 Å². The molecule has 2 rings (SSSR count). The summed E-state index contributed by atoms with van der Waals surface area (Å²) in [6, 6.07) is 11.6. The van der Waals surface area contributed by atoms with Crippen LogP contribution in [-0.2, 0) is 18.0 Å². The van der Waals surface area contributed by atoms with Crippen molar-refractivity contribution < 1.29 is 18.7 Å². The van der Waals surface area contributed by atoms with Gasteiger partial charge in [0, 0.05) is 6.54 Å². The SMILES string of the molecule is Oc1c(F)cc(CNOCc2ccccc2)cc1F. The van der Waals surface area contributed by atoms with E-state index in [9.17, 15) is 8.78 Å². The lowest BCUT2D eigenvalue weighted by molar-refractivity contribution is 0.0234. The Kier molecular flexibility index (Phi) is 4.43. The van der Waals surface area contributed by atoms with Crippen LogP contribution in [0.1, 0.15) is 11.1 Å². The van der Waals surface area contributed by atoms with Crippen LogP contribution in [0.3, 0.4) is 0 Å². The Labute approximate surface area is 109 Å². The van der Waals surface area contributed by atoms with Gasteiger partial charge in [-0.2, -0.15) is 5.48 Å². The van der Waals surface area contributed by atoms with E-state index in [4.69, 9.17) is 9.94 Å². The molecule has 0 bridgehead atoms. The average molecular weight is 265 g/mol. The first kappa shape index (κ1) is 13.5. The predicted octanol–water partition coefficient (Wildman–Crippen LogP) is 2.89. The lowest BCUT2D eigenvalue weighted by atomic mass is 10.2. The Bertz CT molecular complexity index is 523. The van der Waals surface area contributed by atoms with Crippen molar-refractivity contribution in [2.24, 2.45) is 0 Å². The number of halogens is 2. The second-order valence-corrected chi connectivity index (χ2v) is 4.00. The van der Waals surface area contributed by atoms with E-state index in [1.165, 1.54) is 0 Å². The van der Waals surface area contributed by atoms with Crippen molar-refractivity contribution in [3.63, 3.8) is 0 Å². The van der Waals surface area contributed by atoms with Crippen LogP contribution in [0.4, 0.5) is 8.78 Å². The third-order valence-electron chi connectivity index (χ3n) is 2.54. The molecule has 19 heavy (non-hydrogen) atoms. The summed E-state index contributed by atoms with van der Waals surface area (Å²) in [6.07, 6.45) is 0. The van der Waals surface area contributed by atoms with E-state index in [0.717, 1.165) is 17.7 Å². The number of rotatable bonds is 5. The average Bonchev–Trinajstić information content (AvgIpc) is 2.42. The van der Waals surface area contributed by atoms with Gasteiger partial charge in [0.1, 0.15) is 0 Å². The fourth-order valence-electron chi connectivity index (χ4n) is 1.56. The minimum atomic E-state index is -0.986. The molecule has 0 amide bonds. The molecule has 0 heterocycles. The highest BCUT2D eigenvalue weighted by molar-refractivity contribution is 5.29. The summed E-state index contributed by atoms with van der Waals surface area (Å²) in [5.41, 5.74) is 3.94. The van der Waals surface area contributed by atoms with Gasteiger partial charge in [-0.05, 0) is 23.3 Å². The van der Waals surface area contributed by atoms with Crippen LogP contribution >= 0.6 is 0 Å². The van der Waals surface area contributed by atoms with E-state index in [-0.39, 0.29) is 6.54 Å². The zero-order chi connectivity index (χ0) is 13.7. The highest BCUT2D eigenvalue weighted by Crippen LogP contribution is 2.21. The topological polar surface area (TPSA) is 41.5 Å². The second kappa shape index (κ2) is 6.26. The van der Waals surface area contributed by atoms with Crippen molar-refractivity contribution in [2.45, 2.75) is 13.2 Å². The van der Waals surface area contributed by atoms with E-state index in [1.54, 1.807) is 0 Å². The summed E-state index contributed by atoms with van der Waals surface area (Å²) in [6.45, 7) is 0.491. The molecule has 2 aromatic carbocycles. The van der Waals surface area contributed by atoms with Crippen molar-refractivity contribution >= 4 is 0 Å². The molecule has 0 atom stereocenters. The molecular weight excluding hydrogens is 252 g/mol. The molecule has 0 saturated heterocycles. The van der Waals surface area contributed by atoms with Crippen molar-refractivity contribution in [3.05, 3.63) is 65.2 Å². The normalized spacial score (nSPS) is 10.6. The lowest BCUT2D eigenvalue weighted by Gasteiger charge is -2.07. The van der Waals surface area contributed by atoms with Gasteiger partial charge in [0.25, 0.3) is 0 Å². The zero-order valence-corrected chi connectivity index (χ0v) is 10.1. The van der Waals surface area contributed by atoms with Gasteiger partial charge in [-0.25, -0.2) is 8.78 Å². The standard InChI is InChI=1S/C14H13F2NO2/c15-12-6-11(7-13(16)14(12)18)8-17-19-9-10-4-2-1-3-5-10/h1-7,17-18H,8-9H2. The van der Waals surface area contributed by atoms with Crippen molar-refractivity contribution in [2.75, 3.05) is 0 Å². The molecule has 0 fully saturated rings. The van der Waals surface area contributed by atoms with Crippen LogP contribution in [-0.4, -0.2) is 5.11 Å². The predicted molar refractivity (Wildman–Crippen MR) is 66.1 cm³/mol. The number of nitrogens with one attached hydrogen (secondary N) is 1. The van der Waals surface area contributed by atoms with Crippen LogP contribution < -0.4 is 5.48 Å². The van der Waals surface area contributed by atoms with Gasteiger partial charge in [0.15, 0.2) is 17.4 Å². The summed E-state index contributed by atoms with van der Waals surface area (Å²) in [5, 5.41) is 8.95. The number of aromatic hydroxyl groups is 1. The molecule has 0 saturated carbocycles. The molecule has 0 radical (unpaired) electrons. The van der Waals surface area contributed by atoms with E-state index in [2.05, 4.69) is 5.48 Å². The van der Waals surface area contributed by atoms with E-state index in [0.29, 0.717) is 12.2 Å². The van der Waals surface area contributed by atoms with Crippen molar-refractivity contribution in [3.8, 4) is 5.75 Å². The van der Waals surface area contributed by atoms with Crippen LogP contribution in [0.25, 0.3) is 0 Å². The summed E-state index contributed by atoms with van der Waals surface area (Å²) >= 11 is 0. The number of phenolic OH excluding ortho intramolecular Hbond substituents is 1. The molecule has 0 aliphatic carbocycles. The molecule has 0 aromatic heterocycles. The molecular formula is C14H13F2NO2. The fourth-order valence-corrected chi connectivity index (χ4v) is 1.56. The maximum Gasteiger partial charge on any atom is 0.187 e. The largest absolute Gasteiger partial charge is 0.503 e. The molecule has 0 aliphatic heterocycles. The Hall–Kier alpha value is -1.98. The maximum atomic E-state index is 13.1. The van der Waals surface area contributed by atoms with Crippen LogP contribution in [0, 0.1) is 11.6 Å². The third kappa shape index (κ3) is 3.74. The van der Waals surface area contributed by atoms with E-state index in [1.807, 2.05) is 30.3 Å². The number of hydrogen-bond donors (Lipinski definition) is 2. The van der Waals surface area contributed by atoms with Crippen molar-refractivity contribution in [1.29, 1.82) is 0 Å². The Morgan fingerprint density at radius 3 is 2.26 bits per heavy atom. The highest BCUT2D eigenvalue weighted by Gasteiger charge is 2.09. The number of hydroxylamine groups is 1. The highest BCUT2D eigenvalue weighted by atomic mass is 19.1. The quantitative estimate of drug-likeness (QED) is 0.645. The Morgan fingerprint density at radius 1 is 1.00 bits per heavy atom. The van der Waals surface area contributed by atoms with Crippen LogP contribution in [0.2, 0.25) is 0 Å². The molecule has 0 spiro atoms. The number of hydrogen-bond acceptors (Lipinski definition) is 3. The smallest absolute Gasteiger partial charge is 0.187 e. The molecule has 2 N–H and O–H groups in total. The van der Waals surface area contributed by atoms with Gasteiger partial charge >= 0.3 is 0 Å². The minimum Gasteiger partial charge on any atom is -0.503 e. The first-order valence-corrected chi connectivity index (χ1v) is 5.72. The van der Waals surface area contributed by atoms with Crippen LogP contribution in [0.15, 0.2) is 42.5 Å². The molecule has 2 aromatic rings. The van der Waals surface area contributed by atoms with Crippen LogP contribution in [0.5, 0.6) is 5.75 Å². The first-order valence-electron chi connectivity index (χ1n) is 5.72. The van der Waals surface area contributed by atoms with Gasteiger partial charge in [-0.15, -0.1) is 0 Å². The van der Waals surface area contributed by atoms with Gasteiger partial charge < -0.3 is 5.11 Å². The number of benzene rings is 2. The summed E-state index contributed by atoms with van der Waals surface area (Å²) in [7, 11) is 0. The van der Waals surface area contributed by atoms with Gasteiger partial charge in [-0.1, -0.05) is 30.3 Å². The van der Waals surface area contributed by atoms with E-state index < -0.39 is 17.4 Å². The molecule has 0 unspecified atom stereocenters. The summed E-state index contributed by atoms with van der Waals surface area (Å²) in [5.74, 6) is -2.94. The van der Waals surface area contributed by atoms with Gasteiger partial charge in [-0.3, -0.25) is 4.84 Å². The summed E-state index contributed by atoms with van der Waals surface area (Å²) < 4.78 is 26.1. The Balaban J connectivity index is 1.83. The molecule has 3 nitrogen and oxygen atoms in total. The van der Waals surface area contributed by atoms with Crippen molar-refractivity contribution in [1.82, 2.24) is 5.48 Å².